The summed E-state index contributed by atoms with van der Waals surface area (Å²) in [7, 11) is 0. The maximum absolute atomic E-state index is 13.0. The number of likely N-dealkylation sites (tertiary alicyclic amines) is 2. The van der Waals surface area contributed by atoms with Crippen LogP contribution in [0.1, 0.15) is 36.0 Å². The van der Waals surface area contributed by atoms with Gasteiger partial charge in [0.15, 0.2) is 0 Å². The maximum atomic E-state index is 13.0. The number of benzene rings is 2. The van der Waals surface area contributed by atoms with Crippen molar-refractivity contribution in [2.24, 2.45) is 0 Å². The first-order chi connectivity index (χ1) is 15.3. The third kappa shape index (κ3) is 4.57. The van der Waals surface area contributed by atoms with E-state index in [1.807, 2.05) is 47.4 Å². The molecule has 5 rings (SSSR count). The fraction of sp³-hybridized carbons (Fsp3) is 0.385. The standard InChI is InChI=1S/C26H29N3O2/c30-26(22-6-5-20-3-1-2-4-21(20)19-22)29-15-9-23(10-16-29)28-17-11-25(12-18-28)31-24-7-13-27-14-8-24/h1-8,13-14,19,23,25H,9-12,15-18H2. The van der Waals surface area contributed by atoms with Gasteiger partial charge in [-0.05, 0) is 60.7 Å². The lowest BCUT2D eigenvalue weighted by molar-refractivity contribution is 0.0425. The zero-order valence-electron chi connectivity index (χ0n) is 17.8. The summed E-state index contributed by atoms with van der Waals surface area (Å²) in [5, 5.41) is 2.30. The molecule has 1 aromatic heterocycles. The van der Waals surface area contributed by atoms with Crippen LogP contribution in [0.4, 0.5) is 0 Å². The summed E-state index contributed by atoms with van der Waals surface area (Å²) < 4.78 is 6.10. The number of rotatable bonds is 4. The second kappa shape index (κ2) is 9.06. The molecule has 0 aliphatic carbocycles. The van der Waals surface area contributed by atoms with Crippen LogP contribution < -0.4 is 4.74 Å². The molecule has 2 aromatic carbocycles. The van der Waals surface area contributed by atoms with Gasteiger partial charge in [-0.25, -0.2) is 0 Å². The highest BCUT2D eigenvalue weighted by Crippen LogP contribution is 2.25. The van der Waals surface area contributed by atoms with E-state index in [0.29, 0.717) is 6.04 Å². The van der Waals surface area contributed by atoms with Crippen molar-refractivity contribution in [1.29, 1.82) is 0 Å². The highest BCUT2D eigenvalue weighted by molar-refractivity contribution is 5.98. The van der Waals surface area contributed by atoms with Crippen LogP contribution in [-0.4, -0.2) is 59.0 Å². The first-order valence-corrected chi connectivity index (χ1v) is 11.3. The zero-order chi connectivity index (χ0) is 21.0. The van der Waals surface area contributed by atoms with Crippen molar-refractivity contribution in [3.63, 3.8) is 0 Å². The number of amides is 1. The van der Waals surface area contributed by atoms with E-state index in [1.165, 1.54) is 5.39 Å². The minimum Gasteiger partial charge on any atom is -0.490 e. The highest BCUT2D eigenvalue weighted by Gasteiger charge is 2.30. The fourth-order valence-corrected chi connectivity index (χ4v) is 4.91. The van der Waals surface area contributed by atoms with Gasteiger partial charge in [-0.1, -0.05) is 30.3 Å². The summed E-state index contributed by atoms with van der Waals surface area (Å²) in [4.78, 5) is 21.7. The van der Waals surface area contributed by atoms with Gasteiger partial charge in [0.2, 0.25) is 0 Å². The van der Waals surface area contributed by atoms with Crippen molar-refractivity contribution in [2.75, 3.05) is 26.2 Å². The Labute approximate surface area is 183 Å². The molecule has 0 spiro atoms. The molecule has 0 bridgehead atoms. The number of piperidine rings is 2. The van der Waals surface area contributed by atoms with Crippen molar-refractivity contribution in [1.82, 2.24) is 14.8 Å². The zero-order valence-corrected chi connectivity index (χ0v) is 17.8. The van der Waals surface area contributed by atoms with Crippen molar-refractivity contribution in [2.45, 2.75) is 37.8 Å². The number of carbonyl (C=O) groups excluding carboxylic acids is 1. The molecule has 2 saturated heterocycles. The molecule has 0 unspecified atom stereocenters. The van der Waals surface area contributed by atoms with Gasteiger partial charge >= 0.3 is 0 Å². The van der Waals surface area contributed by atoms with Gasteiger partial charge in [-0.2, -0.15) is 0 Å². The molecule has 2 fully saturated rings. The average Bonchev–Trinajstić information content (AvgIpc) is 2.84. The lowest BCUT2D eigenvalue weighted by Gasteiger charge is -2.41. The van der Waals surface area contributed by atoms with Crippen LogP contribution in [0, 0.1) is 0 Å². The first kappa shape index (κ1) is 20.0. The van der Waals surface area contributed by atoms with E-state index in [4.69, 9.17) is 4.74 Å². The van der Waals surface area contributed by atoms with Crippen LogP contribution in [0.2, 0.25) is 0 Å². The van der Waals surface area contributed by atoms with Crippen LogP contribution in [0.15, 0.2) is 67.0 Å². The molecule has 0 saturated carbocycles. The Kier molecular flexibility index (Phi) is 5.85. The smallest absolute Gasteiger partial charge is 0.253 e. The summed E-state index contributed by atoms with van der Waals surface area (Å²) in [5.74, 6) is 1.07. The van der Waals surface area contributed by atoms with Crippen LogP contribution >= 0.6 is 0 Å². The molecule has 160 valence electrons. The monoisotopic (exact) mass is 415 g/mol. The average molecular weight is 416 g/mol. The molecule has 0 radical (unpaired) electrons. The van der Waals surface area contributed by atoms with Gasteiger partial charge in [0.05, 0.1) is 0 Å². The molecule has 3 aromatic rings. The van der Waals surface area contributed by atoms with E-state index < -0.39 is 0 Å². The molecule has 5 heteroatoms. The summed E-state index contributed by atoms with van der Waals surface area (Å²) in [6.07, 6.45) is 8.05. The lowest BCUT2D eigenvalue weighted by atomic mass is 9.98. The second-order valence-electron chi connectivity index (χ2n) is 8.62. The third-order valence-electron chi connectivity index (χ3n) is 6.69. The van der Waals surface area contributed by atoms with E-state index >= 15 is 0 Å². The van der Waals surface area contributed by atoms with E-state index in [0.717, 1.165) is 68.6 Å². The summed E-state index contributed by atoms with van der Waals surface area (Å²) in [6, 6.07) is 18.7. The third-order valence-corrected chi connectivity index (χ3v) is 6.69. The molecule has 1 amide bonds. The molecule has 31 heavy (non-hydrogen) atoms. The van der Waals surface area contributed by atoms with Crippen LogP contribution in [0.5, 0.6) is 5.75 Å². The molecule has 2 aliphatic rings. The van der Waals surface area contributed by atoms with Gasteiger partial charge in [-0.3, -0.25) is 14.7 Å². The van der Waals surface area contributed by atoms with Crippen molar-refractivity contribution >= 4 is 16.7 Å². The molecular weight excluding hydrogens is 386 g/mol. The quantitative estimate of drug-likeness (QED) is 0.634. The van der Waals surface area contributed by atoms with Crippen LogP contribution in [0.3, 0.4) is 0 Å². The van der Waals surface area contributed by atoms with Crippen molar-refractivity contribution in [3.05, 3.63) is 72.6 Å². The first-order valence-electron chi connectivity index (χ1n) is 11.3. The Morgan fingerprint density at radius 2 is 1.55 bits per heavy atom. The number of fused-ring (bicyclic) bond motifs is 1. The number of hydrogen-bond acceptors (Lipinski definition) is 4. The lowest BCUT2D eigenvalue weighted by Crippen LogP contribution is -2.50. The minimum atomic E-state index is 0.161. The molecule has 3 heterocycles. The predicted molar refractivity (Wildman–Crippen MR) is 122 cm³/mol. The maximum Gasteiger partial charge on any atom is 0.253 e. The number of hydrogen-bond donors (Lipinski definition) is 0. The Hall–Kier alpha value is -2.92. The highest BCUT2D eigenvalue weighted by atomic mass is 16.5. The molecule has 2 aliphatic heterocycles. The fourth-order valence-electron chi connectivity index (χ4n) is 4.91. The van der Waals surface area contributed by atoms with Gasteiger partial charge in [0.25, 0.3) is 5.91 Å². The van der Waals surface area contributed by atoms with Crippen LogP contribution in [0.25, 0.3) is 10.8 Å². The van der Waals surface area contributed by atoms with Gasteiger partial charge in [0, 0.05) is 50.2 Å². The van der Waals surface area contributed by atoms with Crippen LogP contribution in [-0.2, 0) is 0 Å². The summed E-state index contributed by atoms with van der Waals surface area (Å²) in [6.45, 7) is 3.81. The Bertz CT molecular complexity index is 1020. The van der Waals surface area contributed by atoms with Crippen molar-refractivity contribution in [3.8, 4) is 5.75 Å². The number of pyridine rings is 1. The normalized spacial score (nSPS) is 18.9. The largest absolute Gasteiger partial charge is 0.490 e. The number of carbonyl (C=O) groups is 1. The number of ether oxygens (including phenoxy) is 1. The Morgan fingerprint density at radius 3 is 2.29 bits per heavy atom. The predicted octanol–water partition coefficient (Wildman–Crippen LogP) is 4.38. The van der Waals surface area contributed by atoms with E-state index in [-0.39, 0.29) is 12.0 Å². The Morgan fingerprint density at radius 1 is 0.839 bits per heavy atom. The minimum absolute atomic E-state index is 0.161. The van der Waals surface area contributed by atoms with E-state index in [9.17, 15) is 4.79 Å². The second-order valence-corrected chi connectivity index (χ2v) is 8.62. The van der Waals surface area contributed by atoms with Gasteiger partial charge < -0.3 is 9.64 Å². The van der Waals surface area contributed by atoms with Crippen molar-refractivity contribution < 1.29 is 9.53 Å². The van der Waals surface area contributed by atoms with Gasteiger partial charge in [-0.15, -0.1) is 0 Å². The van der Waals surface area contributed by atoms with E-state index in [2.05, 4.69) is 22.0 Å². The van der Waals surface area contributed by atoms with Gasteiger partial charge in [0.1, 0.15) is 11.9 Å². The Balaban J connectivity index is 1.12. The molecular formula is C26H29N3O2. The number of nitrogens with zero attached hydrogens (tertiary/aromatic N) is 3. The summed E-state index contributed by atoms with van der Waals surface area (Å²) in [5.41, 5.74) is 0.797. The molecule has 0 N–H and O–H groups in total. The summed E-state index contributed by atoms with van der Waals surface area (Å²) >= 11 is 0. The molecule has 5 nitrogen and oxygen atoms in total. The molecule has 0 atom stereocenters. The van der Waals surface area contributed by atoms with E-state index in [1.54, 1.807) is 12.4 Å². The SMILES string of the molecule is O=C(c1ccc2ccccc2c1)N1CCC(N2CCC(Oc3ccncc3)CC2)CC1. The topological polar surface area (TPSA) is 45.7 Å². The number of aromatic nitrogens is 1.